The molecule has 0 aliphatic carbocycles. The minimum Gasteiger partial charge on any atom is -0.302 e. The summed E-state index contributed by atoms with van der Waals surface area (Å²) >= 11 is 24.6. The molecule has 3 aromatic carbocycles. The molecule has 0 N–H and O–H groups in total. The number of carbonyl (C=O) groups is 2. The Morgan fingerprint density at radius 1 is 0.700 bits per heavy atom. The van der Waals surface area contributed by atoms with Gasteiger partial charge in [-0.05, 0) is 31.0 Å². The number of hydrogen-bond donors (Lipinski definition) is 0. The van der Waals surface area contributed by atoms with E-state index in [0.717, 1.165) is 0 Å². The van der Waals surface area contributed by atoms with Gasteiger partial charge in [-0.3, -0.25) is 9.59 Å². The largest absolute Gasteiger partial charge is 0.302 e. The van der Waals surface area contributed by atoms with Crippen molar-refractivity contribution in [2.45, 2.75) is 13.8 Å². The highest BCUT2D eigenvalue weighted by atomic mass is 35.5. The molecule has 0 saturated heterocycles. The number of aryl methyl sites for hydroxylation is 2. The summed E-state index contributed by atoms with van der Waals surface area (Å²) in [5.41, 5.74) is -0.713. The standard InChI is InChI=1S/C22H15Cl4O3P/c1-12-7-6-8-13(2)17(12)21(27)30(29,14-9-4-3-5-10-14)22(28)18-19(25)15(23)11-16(24)20(18)26/h3-11H,1-2H3. The Balaban J connectivity index is 2.35. The van der Waals surface area contributed by atoms with E-state index in [4.69, 9.17) is 46.4 Å². The van der Waals surface area contributed by atoms with Gasteiger partial charge in [0.15, 0.2) is 0 Å². The van der Waals surface area contributed by atoms with Gasteiger partial charge in [-0.25, -0.2) is 0 Å². The molecule has 3 nitrogen and oxygen atoms in total. The highest BCUT2D eigenvalue weighted by molar-refractivity contribution is 8.01. The highest BCUT2D eigenvalue weighted by Gasteiger charge is 2.45. The Hall–Kier alpha value is -1.61. The third kappa shape index (κ3) is 3.86. The Morgan fingerprint density at radius 2 is 1.17 bits per heavy atom. The van der Waals surface area contributed by atoms with Crippen LogP contribution in [-0.2, 0) is 4.57 Å². The van der Waals surface area contributed by atoms with Gasteiger partial charge in [0.2, 0.25) is 18.2 Å². The van der Waals surface area contributed by atoms with E-state index >= 15 is 0 Å². The van der Waals surface area contributed by atoms with Crippen molar-refractivity contribution in [2.75, 3.05) is 0 Å². The maximum absolute atomic E-state index is 14.3. The molecular formula is C22H15Cl4O3P. The monoisotopic (exact) mass is 498 g/mol. The minimum atomic E-state index is -4.41. The molecule has 1 unspecified atom stereocenters. The van der Waals surface area contributed by atoms with Gasteiger partial charge < -0.3 is 4.57 Å². The zero-order valence-corrected chi connectivity index (χ0v) is 19.8. The first-order valence-corrected chi connectivity index (χ1v) is 12.0. The van der Waals surface area contributed by atoms with E-state index in [1.54, 1.807) is 50.2 Å². The van der Waals surface area contributed by atoms with Gasteiger partial charge in [0.25, 0.3) is 0 Å². The minimum absolute atomic E-state index is 0.0338. The topological polar surface area (TPSA) is 51.2 Å². The molecule has 3 aromatic rings. The molecular weight excluding hydrogens is 485 g/mol. The maximum Gasteiger partial charge on any atom is 0.248 e. The van der Waals surface area contributed by atoms with E-state index in [2.05, 4.69) is 0 Å². The van der Waals surface area contributed by atoms with E-state index in [1.165, 1.54) is 18.2 Å². The molecule has 1 atom stereocenters. The molecule has 8 heteroatoms. The van der Waals surface area contributed by atoms with Crippen molar-refractivity contribution < 1.29 is 14.2 Å². The highest BCUT2D eigenvalue weighted by Crippen LogP contribution is 2.54. The van der Waals surface area contributed by atoms with E-state index in [1.807, 2.05) is 0 Å². The van der Waals surface area contributed by atoms with Crippen molar-refractivity contribution in [2.24, 2.45) is 0 Å². The average molecular weight is 500 g/mol. The van der Waals surface area contributed by atoms with Crippen LogP contribution in [-0.4, -0.2) is 11.0 Å². The van der Waals surface area contributed by atoms with E-state index in [9.17, 15) is 14.2 Å². The number of benzene rings is 3. The molecule has 0 bridgehead atoms. The van der Waals surface area contributed by atoms with Crippen molar-refractivity contribution in [1.29, 1.82) is 0 Å². The predicted molar refractivity (Wildman–Crippen MR) is 125 cm³/mol. The lowest BCUT2D eigenvalue weighted by Gasteiger charge is -2.20. The van der Waals surface area contributed by atoms with E-state index < -0.39 is 18.2 Å². The summed E-state index contributed by atoms with van der Waals surface area (Å²) in [6, 6.07) is 14.3. The lowest BCUT2D eigenvalue weighted by molar-refractivity contribution is 0.104. The molecule has 0 aliphatic rings. The van der Waals surface area contributed by atoms with Gasteiger partial charge in [-0.2, -0.15) is 0 Å². The van der Waals surface area contributed by atoms with Crippen LogP contribution in [0.3, 0.4) is 0 Å². The SMILES string of the molecule is Cc1cccc(C)c1C(=O)P(=O)(C(=O)c1c(Cl)c(Cl)cc(Cl)c1Cl)c1ccccc1. The fraction of sp³-hybridized carbons (Fsp3) is 0.0909. The van der Waals surface area contributed by atoms with Crippen LogP contribution >= 0.6 is 53.5 Å². The van der Waals surface area contributed by atoms with Crippen LogP contribution in [0.1, 0.15) is 31.8 Å². The molecule has 3 rings (SSSR count). The maximum atomic E-state index is 14.3. The normalized spacial score (nSPS) is 13.0. The lowest BCUT2D eigenvalue weighted by atomic mass is 10.0. The van der Waals surface area contributed by atoms with Crippen LogP contribution in [0.5, 0.6) is 0 Å². The molecule has 0 amide bonds. The van der Waals surface area contributed by atoms with Gasteiger partial charge in [0.05, 0.1) is 25.7 Å². The summed E-state index contributed by atoms with van der Waals surface area (Å²) in [5.74, 6) is 0. The lowest BCUT2D eigenvalue weighted by Crippen LogP contribution is -2.22. The van der Waals surface area contributed by atoms with Gasteiger partial charge in [-0.1, -0.05) is 94.9 Å². The summed E-state index contributed by atoms with van der Waals surface area (Å²) in [6.45, 7) is 3.44. The molecule has 30 heavy (non-hydrogen) atoms. The van der Waals surface area contributed by atoms with Crippen molar-refractivity contribution in [3.63, 3.8) is 0 Å². The zero-order chi connectivity index (χ0) is 22.2. The Bertz CT molecular complexity index is 1180. The van der Waals surface area contributed by atoms with Crippen LogP contribution in [0.25, 0.3) is 0 Å². The van der Waals surface area contributed by atoms with E-state index in [0.29, 0.717) is 11.1 Å². The Labute approximate surface area is 194 Å². The summed E-state index contributed by atoms with van der Waals surface area (Å²) in [5, 5.41) is -0.406. The first-order chi connectivity index (χ1) is 14.1. The summed E-state index contributed by atoms with van der Waals surface area (Å²) in [4.78, 5) is 27.4. The molecule has 0 radical (unpaired) electrons. The zero-order valence-electron chi connectivity index (χ0n) is 15.9. The smallest absolute Gasteiger partial charge is 0.248 e. The molecule has 154 valence electrons. The van der Waals surface area contributed by atoms with Gasteiger partial charge in [-0.15, -0.1) is 0 Å². The fourth-order valence-electron chi connectivity index (χ4n) is 3.19. The first kappa shape index (κ1) is 23.1. The summed E-state index contributed by atoms with van der Waals surface area (Å²) in [7, 11) is -4.41. The van der Waals surface area contributed by atoms with Gasteiger partial charge in [0.1, 0.15) is 0 Å². The fourth-order valence-corrected chi connectivity index (χ4v) is 6.76. The molecule has 0 spiro atoms. The van der Waals surface area contributed by atoms with Gasteiger partial charge in [0, 0.05) is 10.9 Å². The van der Waals surface area contributed by atoms with Crippen LogP contribution < -0.4 is 5.30 Å². The molecule has 0 aromatic heterocycles. The molecule has 0 fully saturated rings. The number of halogens is 4. The Kier molecular flexibility index (Phi) is 6.81. The first-order valence-electron chi connectivity index (χ1n) is 8.75. The van der Waals surface area contributed by atoms with Crippen molar-refractivity contribution in [1.82, 2.24) is 0 Å². The molecule has 0 aliphatic heterocycles. The van der Waals surface area contributed by atoms with Crippen molar-refractivity contribution >= 4 is 69.9 Å². The van der Waals surface area contributed by atoms with Crippen LogP contribution in [0, 0.1) is 13.8 Å². The summed E-state index contributed by atoms with van der Waals surface area (Å²) in [6.07, 6.45) is 0. The third-order valence-corrected chi connectivity index (χ3v) is 8.90. The molecule has 0 saturated carbocycles. The van der Waals surface area contributed by atoms with E-state index in [-0.39, 0.29) is 36.5 Å². The molecule has 0 heterocycles. The number of hydrogen-bond acceptors (Lipinski definition) is 3. The van der Waals surface area contributed by atoms with Crippen molar-refractivity contribution in [3.8, 4) is 0 Å². The second-order valence-corrected chi connectivity index (χ2v) is 10.8. The van der Waals surface area contributed by atoms with Crippen molar-refractivity contribution in [3.05, 3.63) is 96.9 Å². The Morgan fingerprint density at radius 3 is 1.67 bits per heavy atom. The van der Waals surface area contributed by atoms with Crippen LogP contribution in [0.4, 0.5) is 0 Å². The third-order valence-electron chi connectivity index (χ3n) is 4.71. The van der Waals surface area contributed by atoms with Crippen LogP contribution in [0.15, 0.2) is 54.6 Å². The van der Waals surface area contributed by atoms with Gasteiger partial charge >= 0.3 is 0 Å². The number of rotatable bonds is 5. The quantitative estimate of drug-likeness (QED) is 0.268. The number of carbonyl (C=O) groups excluding carboxylic acids is 2. The average Bonchev–Trinajstić information content (AvgIpc) is 2.72. The van der Waals surface area contributed by atoms with Crippen LogP contribution in [0.2, 0.25) is 20.1 Å². The second-order valence-electron chi connectivity index (χ2n) is 6.67. The second kappa shape index (κ2) is 8.86. The summed E-state index contributed by atoms with van der Waals surface area (Å²) < 4.78 is 14.3. The predicted octanol–water partition coefficient (Wildman–Crippen LogP) is 7.59.